The molecule has 3 aliphatic carbocycles. The van der Waals surface area contributed by atoms with Crippen molar-refractivity contribution >= 4 is 59.8 Å². The van der Waals surface area contributed by atoms with Crippen molar-refractivity contribution in [2.45, 2.75) is 50.9 Å². The van der Waals surface area contributed by atoms with Crippen LogP contribution in [-0.2, 0) is 10.8 Å². The van der Waals surface area contributed by atoms with E-state index in [4.69, 9.17) is 4.42 Å². The molecule has 0 spiro atoms. The third-order valence-electron chi connectivity index (χ3n) is 13.7. The minimum absolute atomic E-state index is 0.0616. The van der Waals surface area contributed by atoms with Crippen molar-refractivity contribution in [1.29, 1.82) is 0 Å². The Balaban J connectivity index is 1.08. The fraction of sp³-hybridized carbons (Fsp3) is 0.148. The van der Waals surface area contributed by atoms with E-state index in [1.54, 1.807) is 0 Å². The Kier molecular flexibility index (Phi) is 6.09. The first-order valence-corrected chi connectivity index (χ1v) is 19.8. The molecule has 0 saturated carbocycles. The molecule has 1 unspecified atom stereocenters. The number of allylic oxidation sites excluding steroid dienone is 4. The number of furan rings is 1. The molecule has 3 aliphatic rings. The number of hydrogen-bond acceptors (Lipinski definition) is 1. The molecule has 262 valence electrons. The Morgan fingerprint density at radius 3 is 1.82 bits per heavy atom. The highest BCUT2D eigenvalue weighted by molar-refractivity contribution is 6.22. The predicted octanol–water partition coefficient (Wildman–Crippen LogP) is 14.8. The lowest BCUT2D eigenvalue weighted by Gasteiger charge is -2.28. The van der Waals surface area contributed by atoms with Crippen LogP contribution in [0, 0.1) is 0 Å². The van der Waals surface area contributed by atoms with Gasteiger partial charge >= 0.3 is 0 Å². The molecule has 0 amide bonds. The molecule has 12 rings (SSSR count). The Morgan fingerprint density at radius 2 is 1.09 bits per heavy atom. The summed E-state index contributed by atoms with van der Waals surface area (Å²) in [7, 11) is 0. The van der Waals surface area contributed by atoms with Crippen LogP contribution >= 0.6 is 0 Å². The maximum absolute atomic E-state index is 6.84. The topological polar surface area (TPSA) is 13.1 Å². The minimum atomic E-state index is -0.173. The summed E-state index contributed by atoms with van der Waals surface area (Å²) >= 11 is 0. The van der Waals surface area contributed by atoms with Crippen molar-refractivity contribution in [2.75, 3.05) is 0 Å². The van der Waals surface area contributed by atoms with Crippen LogP contribution in [0.5, 0.6) is 0 Å². The molecule has 0 saturated heterocycles. The quantitative estimate of drug-likeness (QED) is 0.163. The highest BCUT2D eigenvalue weighted by Crippen LogP contribution is 2.60. The maximum Gasteiger partial charge on any atom is 0.140 e. The molecule has 1 heterocycles. The van der Waals surface area contributed by atoms with E-state index in [-0.39, 0.29) is 16.7 Å². The van der Waals surface area contributed by atoms with Crippen LogP contribution in [-0.4, -0.2) is 0 Å². The number of para-hydroxylation sites is 1. The molecular formula is C54H40O. The summed E-state index contributed by atoms with van der Waals surface area (Å²) in [5.74, 6) is 0.255. The lowest BCUT2D eigenvalue weighted by atomic mass is 9.75. The average molecular weight is 705 g/mol. The molecule has 0 radical (unpaired) electrons. The highest BCUT2D eigenvalue weighted by atomic mass is 16.3. The fourth-order valence-corrected chi connectivity index (χ4v) is 11.2. The normalized spacial score (nSPS) is 17.7. The molecule has 0 N–H and O–H groups in total. The largest absolute Gasteiger partial charge is 0.456 e. The van der Waals surface area contributed by atoms with E-state index in [0.29, 0.717) is 0 Å². The van der Waals surface area contributed by atoms with Crippen LogP contribution < -0.4 is 0 Å². The zero-order valence-electron chi connectivity index (χ0n) is 31.6. The van der Waals surface area contributed by atoms with Gasteiger partial charge in [0, 0.05) is 33.1 Å². The molecular weight excluding hydrogens is 665 g/mol. The van der Waals surface area contributed by atoms with E-state index in [2.05, 4.69) is 179 Å². The number of rotatable bonds is 2. The van der Waals surface area contributed by atoms with Crippen LogP contribution in [0.3, 0.4) is 0 Å². The van der Waals surface area contributed by atoms with Crippen LogP contribution in [0.1, 0.15) is 67.9 Å². The zero-order chi connectivity index (χ0) is 36.8. The molecule has 0 bridgehead atoms. The average Bonchev–Trinajstić information content (AvgIpc) is 3.79. The molecule has 9 aromatic rings. The summed E-state index contributed by atoms with van der Waals surface area (Å²) in [6, 6.07) is 52.0. The van der Waals surface area contributed by atoms with Crippen molar-refractivity contribution in [2.24, 2.45) is 0 Å². The predicted molar refractivity (Wildman–Crippen MR) is 232 cm³/mol. The Morgan fingerprint density at radius 1 is 0.509 bits per heavy atom. The van der Waals surface area contributed by atoms with Gasteiger partial charge in [0.05, 0.1) is 0 Å². The molecule has 0 fully saturated rings. The van der Waals surface area contributed by atoms with E-state index in [1.165, 1.54) is 104 Å². The van der Waals surface area contributed by atoms with E-state index in [1.807, 2.05) is 0 Å². The first-order valence-electron chi connectivity index (χ1n) is 19.8. The van der Waals surface area contributed by atoms with E-state index in [9.17, 15) is 0 Å². The van der Waals surface area contributed by atoms with Gasteiger partial charge in [-0.1, -0.05) is 173 Å². The Bertz CT molecular complexity index is 3170. The van der Waals surface area contributed by atoms with Crippen molar-refractivity contribution in [3.8, 4) is 22.3 Å². The van der Waals surface area contributed by atoms with Crippen molar-refractivity contribution < 1.29 is 4.42 Å². The van der Waals surface area contributed by atoms with Crippen molar-refractivity contribution in [3.63, 3.8) is 0 Å². The molecule has 8 aromatic carbocycles. The van der Waals surface area contributed by atoms with Gasteiger partial charge in [-0.15, -0.1) is 0 Å². The third kappa shape index (κ3) is 3.98. The molecule has 1 heteroatoms. The first-order chi connectivity index (χ1) is 26.8. The van der Waals surface area contributed by atoms with Crippen LogP contribution in [0.25, 0.3) is 82.1 Å². The lowest BCUT2D eigenvalue weighted by molar-refractivity contribution is 0.597. The second-order valence-electron chi connectivity index (χ2n) is 17.1. The summed E-state index contributed by atoms with van der Waals surface area (Å²) in [6.45, 7) is 9.58. The third-order valence-corrected chi connectivity index (χ3v) is 13.7. The SMILES string of the molecule is CC1(C)C2=CC=C(c3c4ccccc4c(-c4ccc5c(c4)C(C)(C)c4ccccc4-5)c4ccccc34)CC2c2c1c1oc3ccccc3c1c1ccccc21. The summed E-state index contributed by atoms with van der Waals surface area (Å²) in [5.41, 5.74) is 17.0. The second-order valence-corrected chi connectivity index (χ2v) is 17.1. The maximum atomic E-state index is 6.84. The minimum Gasteiger partial charge on any atom is -0.456 e. The van der Waals surface area contributed by atoms with E-state index < -0.39 is 0 Å². The summed E-state index contributed by atoms with van der Waals surface area (Å²) in [6.07, 6.45) is 5.85. The van der Waals surface area contributed by atoms with Crippen LogP contribution in [0.4, 0.5) is 0 Å². The number of hydrogen-bond donors (Lipinski definition) is 0. The standard InChI is InChI=1S/C54H40O/c1-53(2)43-23-13-11-15-33(43)34-27-25-32(30-45(34)53)48-37-18-7-5-16-35(37)47(36-17-6-8-19-38(36)48)31-26-28-44-42(29-31)49-39-20-9-10-21-40(39)50-41-22-12-14-24-46(41)55-52(50)51(49)54(44,3)4/h5-28,30,42H,29H2,1-4H3. The van der Waals surface area contributed by atoms with Gasteiger partial charge < -0.3 is 4.42 Å². The lowest BCUT2D eigenvalue weighted by Crippen LogP contribution is -2.18. The van der Waals surface area contributed by atoms with Gasteiger partial charge in [0.15, 0.2) is 0 Å². The van der Waals surface area contributed by atoms with Crippen molar-refractivity contribution in [1.82, 2.24) is 0 Å². The van der Waals surface area contributed by atoms with Gasteiger partial charge in [-0.3, -0.25) is 0 Å². The summed E-state index contributed by atoms with van der Waals surface area (Å²) in [4.78, 5) is 0. The Labute approximate surface area is 321 Å². The van der Waals surface area contributed by atoms with Gasteiger partial charge in [0.2, 0.25) is 0 Å². The monoisotopic (exact) mass is 704 g/mol. The summed E-state index contributed by atoms with van der Waals surface area (Å²) < 4.78 is 6.84. The molecule has 55 heavy (non-hydrogen) atoms. The van der Waals surface area contributed by atoms with Gasteiger partial charge in [-0.25, -0.2) is 0 Å². The van der Waals surface area contributed by atoms with Crippen molar-refractivity contribution in [3.05, 3.63) is 185 Å². The molecule has 1 aromatic heterocycles. The molecule has 0 aliphatic heterocycles. The van der Waals surface area contributed by atoms with Gasteiger partial charge in [0.1, 0.15) is 11.2 Å². The van der Waals surface area contributed by atoms with Gasteiger partial charge in [-0.05, 0) is 101 Å². The van der Waals surface area contributed by atoms with Gasteiger partial charge in [0.25, 0.3) is 0 Å². The fourth-order valence-electron chi connectivity index (χ4n) is 11.2. The second kappa shape index (κ2) is 10.7. The molecule has 1 atom stereocenters. The zero-order valence-corrected chi connectivity index (χ0v) is 31.6. The smallest absolute Gasteiger partial charge is 0.140 e. The van der Waals surface area contributed by atoms with E-state index >= 15 is 0 Å². The molecule has 1 nitrogen and oxygen atoms in total. The highest BCUT2D eigenvalue weighted by Gasteiger charge is 2.46. The van der Waals surface area contributed by atoms with Crippen LogP contribution in [0.2, 0.25) is 0 Å². The number of fused-ring (bicyclic) bond motifs is 15. The Hall–Kier alpha value is -6.18. The van der Waals surface area contributed by atoms with Crippen LogP contribution in [0.15, 0.2) is 162 Å². The van der Waals surface area contributed by atoms with E-state index in [0.717, 1.165) is 17.6 Å². The summed E-state index contributed by atoms with van der Waals surface area (Å²) in [5, 5.41) is 10.3. The van der Waals surface area contributed by atoms with Gasteiger partial charge in [-0.2, -0.15) is 0 Å². The first kappa shape index (κ1) is 31.2. The number of benzene rings is 8.